The fourth-order valence-electron chi connectivity index (χ4n) is 2.14. The first-order chi connectivity index (χ1) is 8.19. The van der Waals surface area contributed by atoms with E-state index in [4.69, 9.17) is 0 Å². The van der Waals surface area contributed by atoms with Gasteiger partial charge in [0.15, 0.2) is 0 Å². The number of rotatable bonds is 4. The van der Waals surface area contributed by atoms with Crippen LogP contribution >= 0.6 is 15.9 Å². The Morgan fingerprint density at radius 2 is 2.24 bits per heavy atom. The molecular weight excluding hydrogens is 278 g/mol. The van der Waals surface area contributed by atoms with Crippen LogP contribution in [0.2, 0.25) is 0 Å². The second-order valence-corrected chi connectivity index (χ2v) is 5.62. The van der Waals surface area contributed by atoms with E-state index in [0.717, 1.165) is 16.6 Å². The summed E-state index contributed by atoms with van der Waals surface area (Å²) >= 11 is 3.45. The SMILES string of the molecule is CCc1cc(Br)ccc1NC(=O)CC1CCC1. The Balaban J connectivity index is 1.99. The van der Waals surface area contributed by atoms with Gasteiger partial charge in [0.2, 0.25) is 5.91 Å². The molecular formula is C14H18BrNO. The van der Waals surface area contributed by atoms with Gasteiger partial charge in [-0.3, -0.25) is 4.79 Å². The lowest BCUT2D eigenvalue weighted by Gasteiger charge is -2.24. The van der Waals surface area contributed by atoms with Crippen molar-refractivity contribution in [3.8, 4) is 0 Å². The van der Waals surface area contributed by atoms with Crippen LogP contribution in [0, 0.1) is 5.92 Å². The molecule has 1 fully saturated rings. The second-order valence-electron chi connectivity index (χ2n) is 4.70. The van der Waals surface area contributed by atoms with Crippen LogP contribution in [0.1, 0.15) is 38.2 Å². The number of anilines is 1. The van der Waals surface area contributed by atoms with Gasteiger partial charge in [-0.2, -0.15) is 0 Å². The molecule has 17 heavy (non-hydrogen) atoms. The Morgan fingerprint density at radius 3 is 2.82 bits per heavy atom. The first-order valence-corrected chi connectivity index (χ1v) is 7.06. The number of amides is 1. The molecule has 1 aromatic carbocycles. The number of benzene rings is 1. The summed E-state index contributed by atoms with van der Waals surface area (Å²) in [6, 6.07) is 6.01. The van der Waals surface area contributed by atoms with Gasteiger partial charge in [0, 0.05) is 16.6 Å². The van der Waals surface area contributed by atoms with Crippen molar-refractivity contribution >= 4 is 27.5 Å². The molecule has 0 bridgehead atoms. The molecule has 0 unspecified atom stereocenters. The number of carbonyl (C=O) groups excluding carboxylic acids is 1. The summed E-state index contributed by atoms with van der Waals surface area (Å²) in [6.45, 7) is 2.10. The maximum atomic E-state index is 11.8. The minimum Gasteiger partial charge on any atom is -0.326 e. The minimum atomic E-state index is 0.159. The van der Waals surface area contributed by atoms with Crippen LogP contribution < -0.4 is 5.32 Å². The summed E-state index contributed by atoms with van der Waals surface area (Å²) in [5, 5.41) is 3.03. The van der Waals surface area contributed by atoms with Crippen molar-refractivity contribution in [2.75, 3.05) is 5.32 Å². The Morgan fingerprint density at radius 1 is 1.47 bits per heavy atom. The third-order valence-corrected chi connectivity index (χ3v) is 3.91. The highest BCUT2D eigenvalue weighted by Gasteiger charge is 2.20. The van der Waals surface area contributed by atoms with E-state index < -0.39 is 0 Å². The van der Waals surface area contributed by atoms with E-state index in [0.29, 0.717) is 12.3 Å². The van der Waals surface area contributed by atoms with Crippen LogP contribution in [0.3, 0.4) is 0 Å². The predicted molar refractivity (Wildman–Crippen MR) is 74.1 cm³/mol. The van der Waals surface area contributed by atoms with Crippen molar-refractivity contribution in [1.29, 1.82) is 0 Å². The Labute approximate surface area is 111 Å². The van der Waals surface area contributed by atoms with Crippen molar-refractivity contribution in [2.24, 2.45) is 5.92 Å². The standard InChI is InChI=1S/C14H18BrNO/c1-2-11-9-12(15)6-7-13(11)16-14(17)8-10-4-3-5-10/h6-7,9-10H,2-5,8H2,1H3,(H,16,17). The van der Waals surface area contributed by atoms with Crippen molar-refractivity contribution in [3.63, 3.8) is 0 Å². The molecule has 0 saturated heterocycles. The predicted octanol–water partition coefficient (Wildman–Crippen LogP) is 4.14. The van der Waals surface area contributed by atoms with Crippen molar-refractivity contribution in [3.05, 3.63) is 28.2 Å². The molecule has 0 radical (unpaired) electrons. The molecule has 0 atom stereocenters. The van der Waals surface area contributed by atoms with Gasteiger partial charge in [0.05, 0.1) is 0 Å². The zero-order chi connectivity index (χ0) is 12.3. The zero-order valence-corrected chi connectivity index (χ0v) is 11.7. The third-order valence-electron chi connectivity index (χ3n) is 3.42. The third kappa shape index (κ3) is 3.32. The molecule has 3 heteroatoms. The molecule has 2 nitrogen and oxygen atoms in total. The molecule has 2 rings (SSSR count). The van der Waals surface area contributed by atoms with Crippen molar-refractivity contribution < 1.29 is 4.79 Å². The molecule has 1 aliphatic carbocycles. The van der Waals surface area contributed by atoms with Crippen LogP contribution in [-0.2, 0) is 11.2 Å². The summed E-state index contributed by atoms with van der Waals surface area (Å²) in [5.41, 5.74) is 2.14. The quantitative estimate of drug-likeness (QED) is 0.889. The summed E-state index contributed by atoms with van der Waals surface area (Å²) in [5.74, 6) is 0.780. The van der Waals surface area contributed by atoms with Gasteiger partial charge in [-0.05, 0) is 48.9 Å². The molecule has 92 valence electrons. The molecule has 1 aromatic rings. The highest BCUT2D eigenvalue weighted by atomic mass is 79.9. The average Bonchev–Trinajstić information content (AvgIpc) is 2.26. The fourth-order valence-corrected chi connectivity index (χ4v) is 2.55. The number of halogens is 1. The first kappa shape index (κ1) is 12.6. The number of carbonyl (C=O) groups is 1. The Bertz CT molecular complexity index is 413. The van der Waals surface area contributed by atoms with Gasteiger partial charge in [-0.1, -0.05) is 29.3 Å². The van der Waals surface area contributed by atoms with Crippen LogP contribution in [0.15, 0.2) is 22.7 Å². The highest BCUT2D eigenvalue weighted by molar-refractivity contribution is 9.10. The number of hydrogen-bond donors (Lipinski definition) is 1. The molecule has 0 aromatic heterocycles. The van der Waals surface area contributed by atoms with E-state index in [1.165, 1.54) is 24.8 Å². The van der Waals surface area contributed by atoms with Gasteiger partial charge in [0.1, 0.15) is 0 Å². The highest BCUT2D eigenvalue weighted by Crippen LogP contribution is 2.30. The van der Waals surface area contributed by atoms with Gasteiger partial charge in [0.25, 0.3) is 0 Å². The number of nitrogens with one attached hydrogen (secondary N) is 1. The van der Waals surface area contributed by atoms with E-state index in [9.17, 15) is 4.79 Å². The topological polar surface area (TPSA) is 29.1 Å². The summed E-state index contributed by atoms with van der Waals surface area (Å²) in [6.07, 6.45) is 5.33. The maximum Gasteiger partial charge on any atom is 0.224 e. The number of aryl methyl sites for hydroxylation is 1. The zero-order valence-electron chi connectivity index (χ0n) is 10.1. The Hall–Kier alpha value is -0.830. The second kappa shape index (κ2) is 5.67. The van der Waals surface area contributed by atoms with Crippen LogP contribution in [0.4, 0.5) is 5.69 Å². The monoisotopic (exact) mass is 295 g/mol. The summed E-state index contributed by atoms with van der Waals surface area (Å²) < 4.78 is 1.06. The summed E-state index contributed by atoms with van der Waals surface area (Å²) in [4.78, 5) is 11.8. The van der Waals surface area contributed by atoms with E-state index in [-0.39, 0.29) is 5.91 Å². The van der Waals surface area contributed by atoms with Crippen LogP contribution in [-0.4, -0.2) is 5.91 Å². The summed E-state index contributed by atoms with van der Waals surface area (Å²) in [7, 11) is 0. The Kier molecular flexibility index (Phi) is 4.21. The molecule has 1 amide bonds. The largest absolute Gasteiger partial charge is 0.326 e. The van der Waals surface area contributed by atoms with Gasteiger partial charge >= 0.3 is 0 Å². The van der Waals surface area contributed by atoms with E-state index in [1.54, 1.807) is 0 Å². The van der Waals surface area contributed by atoms with Crippen LogP contribution in [0.25, 0.3) is 0 Å². The van der Waals surface area contributed by atoms with Crippen molar-refractivity contribution in [1.82, 2.24) is 0 Å². The molecule has 1 N–H and O–H groups in total. The maximum absolute atomic E-state index is 11.8. The first-order valence-electron chi connectivity index (χ1n) is 6.27. The van der Waals surface area contributed by atoms with Gasteiger partial charge < -0.3 is 5.32 Å². The smallest absolute Gasteiger partial charge is 0.224 e. The van der Waals surface area contributed by atoms with E-state index in [1.807, 2.05) is 12.1 Å². The minimum absolute atomic E-state index is 0.159. The lowest BCUT2D eigenvalue weighted by atomic mass is 9.83. The normalized spacial score (nSPS) is 15.4. The van der Waals surface area contributed by atoms with E-state index >= 15 is 0 Å². The van der Waals surface area contributed by atoms with Crippen LogP contribution in [0.5, 0.6) is 0 Å². The molecule has 0 aliphatic heterocycles. The van der Waals surface area contributed by atoms with E-state index in [2.05, 4.69) is 34.2 Å². The number of hydrogen-bond acceptors (Lipinski definition) is 1. The molecule has 0 heterocycles. The van der Waals surface area contributed by atoms with Crippen molar-refractivity contribution in [2.45, 2.75) is 39.0 Å². The molecule has 1 aliphatic rings. The molecule has 1 saturated carbocycles. The molecule has 0 spiro atoms. The van der Waals surface area contributed by atoms with Gasteiger partial charge in [-0.25, -0.2) is 0 Å². The fraction of sp³-hybridized carbons (Fsp3) is 0.500. The lowest BCUT2D eigenvalue weighted by molar-refractivity contribution is -0.117. The lowest BCUT2D eigenvalue weighted by Crippen LogP contribution is -2.21. The average molecular weight is 296 g/mol. The van der Waals surface area contributed by atoms with Gasteiger partial charge in [-0.15, -0.1) is 0 Å².